The summed E-state index contributed by atoms with van der Waals surface area (Å²) in [5, 5.41) is 0. The molecule has 2 fully saturated rings. The van der Waals surface area contributed by atoms with Crippen molar-refractivity contribution in [2.24, 2.45) is 11.3 Å². The molecule has 0 saturated carbocycles. The third kappa shape index (κ3) is 2.24. The van der Waals surface area contributed by atoms with Crippen LogP contribution in [0.4, 0.5) is 0 Å². The van der Waals surface area contributed by atoms with E-state index in [4.69, 9.17) is 9.47 Å². The van der Waals surface area contributed by atoms with Crippen LogP contribution < -0.4 is 0 Å². The molecule has 3 nitrogen and oxygen atoms in total. The molecule has 0 radical (unpaired) electrons. The number of hydrogen-bond acceptors (Lipinski definition) is 3. The first kappa shape index (κ1) is 11.9. The van der Waals surface area contributed by atoms with E-state index in [0.29, 0.717) is 24.7 Å². The van der Waals surface area contributed by atoms with Crippen molar-refractivity contribution >= 4 is 5.97 Å². The number of ether oxygens (including phenoxy) is 2. The largest absolute Gasteiger partial charge is 0.465 e. The molecular formula is C13H22O3. The predicted octanol–water partition coefficient (Wildman–Crippen LogP) is 2.53. The second-order valence-electron chi connectivity index (χ2n) is 5.71. The number of carbonyl (C=O) groups is 1. The zero-order valence-corrected chi connectivity index (χ0v) is 10.5. The fraction of sp³-hybridized carbons (Fsp3) is 0.923. The van der Waals surface area contributed by atoms with Crippen LogP contribution in [0.25, 0.3) is 0 Å². The monoisotopic (exact) mass is 226 g/mol. The number of esters is 1. The van der Waals surface area contributed by atoms with Gasteiger partial charge in [-0.2, -0.15) is 0 Å². The zero-order valence-electron chi connectivity index (χ0n) is 10.5. The van der Waals surface area contributed by atoms with Crippen LogP contribution in [0.5, 0.6) is 0 Å². The van der Waals surface area contributed by atoms with Gasteiger partial charge in [0.25, 0.3) is 0 Å². The first-order chi connectivity index (χ1) is 7.53. The molecule has 3 heteroatoms. The lowest BCUT2D eigenvalue weighted by Crippen LogP contribution is -2.30. The Morgan fingerprint density at radius 1 is 1.44 bits per heavy atom. The van der Waals surface area contributed by atoms with Gasteiger partial charge < -0.3 is 9.47 Å². The highest BCUT2D eigenvalue weighted by Gasteiger charge is 2.41. The standard InChI is InChI=1S/C13H22O3/c1-4-13(2,3)12(14)15-8-9-7-10-5-6-11(9)16-10/h9-11H,4-8H2,1-3H3. The molecule has 0 spiro atoms. The molecular weight excluding hydrogens is 204 g/mol. The Kier molecular flexibility index (Phi) is 3.24. The summed E-state index contributed by atoms with van der Waals surface area (Å²) in [6.45, 7) is 6.44. The lowest BCUT2D eigenvalue weighted by atomic mass is 9.89. The molecule has 0 amide bonds. The van der Waals surface area contributed by atoms with Crippen molar-refractivity contribution in [1.29, 1.82) is 0 Å². The molecule has 16 heavy (non-hydrogen) atoms. The summed E-state index contributed by atoms with van der Waals surface area (Å²) in [7, 11) is 0. The maximum atomic E-state index is 11.8. The fourth-order valence-electron chi connectivity index (χ4n) is 2.44. The Morgan fingerprint density at radius 2 is 2.19 bits per heavy atom. The molecule has 0 aromatic rings. The number of carbonyl (C=O) groups excluding carboxylic acids is 1. The van der Waals surface area contributed by atoms with Crippen LogP contribution in [0.3, 0.4) is 0 Å². The summed E-state index contributed by atoms with van der Waals surface area (Å²) in [5.41, 5.74) is -0.349. The van der Waals surface area contributed by atoms with Gasteiger partial charge in [-0.05, 0) is 39.5 Å². The number of fused-ring (bicyclic) bond motifs is 2. The zero-order chi connectivity index (χ0) is 11.8. The minimum absolute atomic E-state index is 0.0715. The van der Waals surface area contributed by atoms with E-state index >= 15 is 0 Å². The lowest BCUT2D eigenvalue weighted by Gasteiger charge is -2.23. The molecule has 2 saturated heterocycles. The number of rotatable bonds is 4. The molecule has 0 N–H and O–H groups in total. The third-order valence-electron chi connectivity index (χ3n) is 4.10. The molecule has 3 atom stereocenters. The van der Waals surface area contributed by atoms with Gasteiger partial charge in [-0.15, -0.1) is 0 Å². The van der Waals surface area contributed by atoms with Gasteiger partial charge in [-0.3, -0.25) is 4.79 Å². The van der Waals surface area contributed by atoms with Crippen molar-refractivity contribution in [3.05, 3.63) is 0 Å². The summed E-state index contributed by atoms with van der Waals surface area (Å²) in [4.78, 5) is 11.8. The summed E-state index contributed by atoms with van der Waals surface area (Å²) >= 11 is 0. The van der Waals surface area contributed by atoms with Gasteiger partial charge in [0.15, 0.2) is 0 Å². The molecule has 0 aliphatic carbocycles. The molecule has 92 valence electrons. The first-order valence-corrected chi connectivity index (χ1v) is 6.35. The third-order valence-corrected chi connectivity index (χ3v) is 4.10. The minimum atomic E-state index is -0.349. The minimum Gasteiger partial charge on any atom is -0.465 e. The molecule has 2 aliphatic rings. The smallest absolute Gasteiger partial charge is 0.311 e. The molecule has 0 aromatic carbocycles. The quantitative estimate of drug-likeness (QED) is 0.691. The molecule has 2 rings (SSSR count). The second-order valence-corrected chi connectivity index (χ2v) is 5.71. The van der Waals surface area contributed by atoms with Gasteiger partial charge in [-0.25, -0.2) is 0 Å². The van der Waals surface area contributed by atoms with Crippen molar-refractivity contribution in [2.45, 2.75) is 58.7 Å². The van der Waals surface area contributed by atoms with Gasteiger partial charge in [0.05, 0.1) is 24.2 Å². The van der Waals surface area contributed by atoms with Gasteiger partial charge in [0.1, 0.15) is 0 Å². The summed E-state index contributed by atoms with van der Waals surface area (Å²) in [5.74, 6) is 0.369. The van der Waals surface area contributed by atoms with Crippen LogP contribution in [0.2, 0.25) is 0 Å². The van der Waals surface area contributed by atoms with E-state index in [1.165, 1.54) is 6.42 Å². The normalized spacial score (nSPS) is 33.1. The average molecular weight is 226 g/mol. The number of hydrogen-bond donors (Lipinski definition) is 0. The van der Waals surface area contributed by atoms with Crippen LogP contribution in [0, 0.1) is 11.3 Å². The highest BCUT2D eigenvalue weighted by atomic mass is 16.5. The van der Waals surface area contributed by atoms with Crippen molar-refractivity contribution < 1.29 is 14.3 Å². The molecule has 2 bridgehead atoms. The highest BCUT2D eigenvalue weighted by Crippen LogP contribution is 2.39. The van der Waals surface area contributed by atoms with Crippen LogP contribution in [-0.4, -0.2) is 24.8 Å². The van der Waals surface area contributed by atoms with Gasteiger partial charge >= 0.3 is 5.97 Å². The van der Waals surface area contributed by atoms with Gasteiger partial charge in [0, 0.05) is 5.92 Å². The average Bonchev–Trinajstić information content (AvgIpc) is 2.87. The first-order valence-electron chi connectivity index (χ1n) is 6.35. The predicted molar refractivity (Wildman–Crippen MR) is 61.0 cm³/mol. The Labute approximate surface area is 97.5 Å². The van der Waals surface area contributed by atoms with Crippen molar-refractivity contribution in [3.8, 4) is 0 Å². The molecule has 3 unspecified atom stereocenters. The summed E-state index contributed by atoms with van der Waals surface area (Å²) in [6, 6.07) is 0. The fourth-order valence-corrected chi connectivity index (χ4v) is 2.44. The van der Waals surface area contributed by atoms with Crippen LogP contribution in [0.1, 0.15) is 46.5 Å². The Balaban J connectivity index is 1.78. The van der Waals surface area contributed by atoms with E-state index in [-0.39, 0.29) is 11.4 Å². The molecule has 0 aromatic heterocycles. The molecule has 2 heterocycles. The van der Waals surface area contributed by atoms with Gasteiger partial charge in [0.2, 0.25) is 0 Å². The Hall–Kier alpha value is -0.570. The van der Waals surface area contributed by atoms with Gasteiger partial charge in [-0.1, -0.05) is 6.92 Å². The van der Waals surface area contributed by atoms with Crippen LogP contribution >= 0.6 is 0 Å². The van der Waals surface area contributed by atoms with E-state index in [1.54, 1.807) is 0 Å². The van der Waals surface area contributed by atoms with E-state index < -0.39 is 0 Å². The Bertz CT molecular complexity index is 272. The highest BCUT2D eigenvalue weighted by molar-refractivity contribution is 5.75. The van der Waals surface area contributed by atoms with Crippen molar-refractivity contribution in [3.63, 3.8) is 0 Å². The maximum Gasteiger partial charge on any atom is 0.311 e. The van der Waals surface area contributed by atoms with E-state index in [9.17, 15) is 4.79 Å². The van der Waals surface area contributed by atoms with Crippen LogP contribution in [-0.2, 0) is 14.3 Å². The topological polar surface area (TPSA) is 35.5 Å². The van der Waals surface area contributed by atoms with Crippen molar-refractivity contribution in [1.82, 2.24) is 0 Å². The summed E-state index contributed by atoms with van der Waals surface area (Å²) < 4.78 is 11.2. The molecule has 2 aliphatic heterocycles. The van der Waals surface area contributed by atoms with E-state index in [0.717, 1.165) is 19.3 Å². The Morgan fingerprint density at radius 3 is 2.69 bits per heavy atom. The summed E-state index contributed by atoms with van der Waals surface area (Å²) in [6.07, 6.45) is 5.01. The lowest BCUT2D eigenvalue weighted by molar-refractivity contribution is -0.156. The van der Waals surface area contributed by atoms with E-state index in [1.807, 2.05) is 20.8 Å². The van der Waals surface area contributed by atoms with Crippen LogP contribution in [0.15, 0.2) is 0 Å². The van der Waals surface area contributed by atoms with Crippen molar-refractivity contribution in [2.75, 3.05) is 6.61 Å². The second kappa shape index (κ2) is 4.36. The SMILES string of the molecule is CCC(C)(C)C(=O)OCC1CC2CCC1O2. The van der Waals surface area contributed by atoms with E-state index in [2.05, 4.69) is 0 Å². The maximum absolute atomic E-state index is 11.8.